The van der Waals surface area contributed by atoms with E-state index >= 15 is 0 Å². The van der Waals surface area contributed by atoms with E-state index in [1.807, 2.05) is 25.1 Å². The van der Waals surface area contributed by atoms with Gasteiger partial charge in [0.1, 0.15) is 0 Å². The number of nitrogens with zero attached hydrogens (tertiary/aromatic N) is 1. The molecule has 0 saturated carbocycles. The second-order valence-electron chi connectivity index (χ2n) is 4.21. The van der Waals surface area contributed by atoms with Crippen LogP contribution in [0.3, 0.4) is 0 Å². The third-order valence-corrected chi connectivity index (χ3v) is 3.08. The zero-order valence-corrected chi connectivity index (χ0v) is 10.2. The van der Waals surface area contributed by atoms with Crippen molar-refractivity contribution < 1.29 is 4.79 Å². The van der Waals surface area contributed by atoms with Crippen molar-refractivity contribution in [3.8, 4) is 0 Å². The summed E-state index contributed by atoms with van der Waals surface area (Å²) in [6.07, 6.45) is 2.76. The SMILES string of the molecule is CC[C@@H](C)C(C)C(=O)NCc1ccccn1. The second-order valence-corrected chi connectivity index (χ2v) is 4.21. The van der Waals surface area contributed by atoms with Crippen molar-refractivity contribution >= 4 is 5.91 Å². The van der Waals surface area contributed by atoms with Gasteiger partial charge in [0, 0.05) is 12.1 Å². The molecule has 3 heteroatoms. The Kier molecular flexibility index (Phi) is 4.96. The maximum Gasteiger partial charge on any atom is 0.223 e. The molecule has 1 rings (SSSR count). The molecule has 0 aliphatic carbocycles. The van der Waals surface area contributed by atoms with E-state index in [0.29, 0.717) is 12.5 Å². The molecule has 0 aromatic carbocycles. The molecule has 0 aliphatic rings. The molecule has 3 nitrogen and oxygen atoms in total. The molecule has 0 bridgehead atoms. The Morgan fingerprint density at radius 1 is 1.44 bits per heavy atom. The Bertz CT molecular complexity index is 324. The van der Waals surface area contributed by atoms with Gasteiger partial charge >= 0.3 is 0 Å². The molecular formula is C13H20N2O. The first kappa shape index (κ1) is 12.7. The number of carbonyl (C=O) groups is 1. The average molecular weight is 220 g/mol. The average Bonchev–Trinajstić information content (AvgIpc) is 2.35. The molecule has 1 amide bonds. The zero-order chi connectivity index (χ0) is 12.0. The van der Waals surface area contributed by atoms with Crippen LogP contribution in [0, 0.1) is 11.8 Å². The van der Waals surface area contributed by atoms with E-state index in [1.54, 1.807) is 6.20 Å². The number of nitrogens with one attached hydrogen (secondary N) is 1. The predicted octanol–water partition coefficient (Wildman–Crippen LogP) is 2.38. The number of carbonyl (C=O) groups excluding carboxylic acids is 1. The summed E-state index contributed by atoms with van der Waals surface area (Å²) in [6.45, 7) is 6.70. The van der Waals surface area contributed by atoms with Gasteiger partial charge in [0.15, 0.2) is 0 Å². The molecule has 1 unspecified atom stereocenters. The zero-order valence-electron chi connectivity index (χ0n) is 10.2. The molecule has 2 atom stereocenters. The third kappa shape index (κ3) is 3.65. The van der Waals surface area contributed by atoms with Crippen LogP contribution in [0.2, 0.25) is 0 Å². The van der Waals surface area contributed by atoms with E-state index in [9.17, 15) is 4.79 Å². The highest BCUT2D eigenvalue weighted by atomic mass is 16.1. The first-order valence-electron chi connectivity index (χ1n) is 5.82. The molecule has 0 aliphatic heterocycles. The van der Waals surface area contributed by atoms with Gasteiger partial charge < -0.3 is 5.32 Å². The van der Waals surface area contributed by atoms with Gasteiger partial charge in [0.05, 0.1) is 12.2 Å². The molecule has 1 aromatic heterocycles. The highest BCUT2D eigenvalue weighted by Gasteiger charge is 2.18. The normalized spacial score (nSPS) is 14.2. The summed E-state index contributed by atoms with van der Waals surface area (Å²) in [5, 5.41) is 2.91. The quantitative estimate of drug-likeness (QED) is 0.827. The lowest BCUT2D eigenvalue weighted by Gasteiger charge is -2.17. The molecular weight excluding hydrogens is 200 g/mol. The largest absolute Gasteiger partial charge is 0.350 e. The van der Waals surface area contributed by atoms with Gasteiger partial charge in [-0.2, -0.15) is 0 Å². The summed E-state index contributed by atoms with van der Waals surface area (Å²) < 4.78 is 0. The first-order chi connectivity index (χ1) is 7.65. The van der Waals surface area contributed by atoms with Gasteiger partial charge in [0.2, 0.25) is 5.91 Å². The smallest absolute Gasteiger partial charge is 0.223 e. The summed E-state index contributed by atoms with van der Waals surface area (Å²) >= 11 is 0. The van der Waals surface area contributed by atoms with Crippen LogP contribution in [0.1, 0.15) is 32.9 Å². The Morgan fingerprint density at radius 3 is 2.75 bits per heavy atom. The van der Waals surface area contributed by atoms with Gasteiger partial charge in [-0.05, 0) is 18.1 Å². The molecule has 1 heterocycles. The molecule has 0 fully saturated rings. The molecule has 0 saturated heterocycles. The fourth-order valence-electron chi connectivity index (χ4n) is 1.45. The fraction of sp³-hybridized carbons (Fsp3) is 0.538. The van der Waals surface area contributed by atoms with Crippen molar-refractivity contribution in [3.63, 3.8) is 0 Å². The van der Waals surface area contributed by atoms with Crippen LogP contribution >= 0.6 is 0 Å². The molecule has 0 radical (unpaired) electrons. The Balaban J connectivity index is 2.41. The van der Waals surface area contributed by atoms with Crippen LogP contribution in [0.15, 0.2) is 24.4 Å². The van der Waals surface area contributed by atoms with Crippen molar-refractivity contribution in [1.82, 2.24) is 10.3 Å². The van der Waals surface area contributed by atoms with E-state index in [1.165, 1.54) is 0 Å². The van der Waals surface area contributed by atoms with Crippen LogP contribution in [0.4, 0.5) is 0 Å². The monoisotopic (exact) mass is 220 g/mol. The Morgan fingerprint density at radius 2 is 2.19 bits per heavy atom. The maximum atomic E-state index is 11.8. The Labute approximate surface area is 97.3 Å². The standard InChI is InChI=1S/C13H20N2O/c1-4-10(2)11(3)13(16)15-9-12-7-5-6-8-14-12/h5-8,10-11H,4,9H2,1-3H3,(H,15,16)/t10-,11?/m1/s1. The lowest BCUT2D eigenvalue weighted by molar-refractivity contribution is -0.126. The van der Waals surface area contributed by atoms with Crippen LogP contribution in [0.25, 0.3) is 0 Å². The van der Waals surface area contributed by atoms with Crippen LogP contribution in [-0.2, 0) is 11.3 Å². The topological polar surface area (TPSA) is 42.0 Å². The Hall–Kier alpha value is -1.38. The number of rotatable bonds is 5. The summed E-state index contributed by atoms with van der Waals surface area (Å²) in [7, 11) is 0. The lowest BCUT2D eigenvalue weighted by Crippen LogP contribution is -2.32. The number of hydrogen-bond acceptors (Lipinski definition) is 2. The summed E-state index contributed by atoms with van der Waals surface area (Å²) in [5.74, 6) is 0.595. The summed E-state index contributed by atoms with van der Waals surface area (Å²) in [6, 6.07) is 5.70. The number of amides is 1. The summed E-state index contributed by atoms with van der Waals surface area (Å²) in [5.41, 5.74) is 0.896. The van der Waals surface area contributed by atoms with Crippen molar-refractivity contribution in [3.05, 3.63) is 30.1 Å². The highest BCUT2D eigenvalue weighted by Crippen LogP contribution is 2.14. The van der Waals surface area contributed by atoms with E-state index in [4.69, 9.17) is 0 Å². The van der Waals surface area contributed by atoms with E-state index in [0.717, 1.165) is 12.1 Å². The van der Waals surface area contributed by atoms with Gasteiger partial charge in [-0.25, -0.2) is 0 Å². The maximum absolute atomic E-state index is 11.8. The van der Waals surface area contributed by atoms with Crippen molar-refractivity contribution in [2.75, 3.05) is 0 Å². The number of pyridine rings is 1. The van der Waals surface area contributed by atoms with Crippen LogP contribution in [0.5, 0.6) is 0 Å². The predicted molar refractivity (Wildman–Crippen MR) is 64.7 cm³/mol. The van der Waals surface area contributed by atoms with Crippen molar-refractivity contribution in [2.24, 2.45) is 11.8 Å². The van der Waals surface area contributed by atoms with Gasteiger partial charge in [0.25, 0.3) is 0 Å². The molecule has 0 spiro atoms. The molecule has 16 heavy (non-hydrogen) atoms. The minimum atomic E-state index is 0.0636. The van der Waals surface area contributed by atoms with E-state index < -0.39 is 0 Å². The van der Waals surface area contributed by atoms with Crippen LogP contribution < -0.4 is 5.32 Å². The van der Waals surface area contributed by atoms with Crippen molar-refractivity contribution in [2.45, 2.75) is 33.7 Å². The van der Waals surface area contributed by atoms with Gasteiger partial charge in [-0.15, -0.1) is 0 Å². The minimum Gasteiger partial charge on any atom is -0.350 e. The molecule has 1 aromatic rings. The van der Waals surface area contributed by atoms with Gasteiger partial charge in [-0.1, -0.05) is 33.3 Å². The first-order valence-corrected chi connectivity index (χ1v) is 5.82. The van der Waals surface area contributed by atoms with E-state index in [-0.39, 0.29) is 11.8 Å². The molecule has 88 valence electrons. The van der Waals surface area contributed by atoms with Crippen LogP contribution in [-0.4, -0.2) is 10.9 Å². The number of hydrogen-bond donors (Lipinski definition) is 1. The second kappa shape index (κ2) is 6.26. The summed E-state index contributed by atoms with van der Waals surface area (Å²) in [4.78, 5) is 15.9. The van der Waals surface area contributed by atoms with Crippen molar-refractivity contribution in [1.29, 1.82) is 0 Å². The molecule has 1 N–H and O–H groups in total. The van der Waals surface area contributed by atoms with E-state index in [2.05, 4.69) is 24.1 Å². The minimum absolute atomic E-state index is 0.0636. The fourth-order valence-corrected chi connectivity index (χ4v) is 1.45. The number of aromatic nitrogens is 1. The lowest BCUT2D eigenvalue weighted by atomic mass is 9.93. The highest BCUT2D eigenvalue weighted by molar-refractivity contribution is 5.78. The van der Waals surface area contributed by atoms with Gasteiger partial charge in [-0.3, -0.25) is 9.78 Å². The third-order valence-electron chi connectivity index (χ3n) is 3.08.